The molecule has 1 amide bonds. The molecule has 26 heavy (non-hydrogen) atoms. The van der Waals surface area contributed by atoms with Gasteiger partial charge in [-0.1, -0.05) is 5.16 Å². The first-order valence-corrected chi connectivity index (χ1v) is 7.79. The zero-order chi connectivity index (χ0) is 18.5. The molecule has 0 aliphatic heterocycles. The van der Waals surface area contributed by atoms with Gasteiger partial charge in [0.1, 0.15) is 11.6 Å². The Balaban J connectivity index is 1.68. The van der Waals surface area contributed by atoms with Crippen LogP contribution in [0, 0.1) is 6.92 Å². The van der Waals surface area contributed by atoms with E-state index in [2.05, 4.69) is 20.8 Å². The first kappa shape index (κ1) is 17.3. The Labute approximate surface area is 150 Å². The molecule has 134 valence electrons. The van der Waals surface area contributed by atoms with Gasteiger partial charge in [0.25, 0.3) is 5.91 Å². The minimum Gasteiger partial charge on any atom is -0.493 e. The van der Waals surface area contributed by atoms with Crippen molar-refractivity contribution in [3.8, 4) is 11.5 Å². The van der Waals surface area contributed by atoms with Crippen LogP contribution in [0.4, 0.5) is 17.3 Å². The lowest BCUT2D eigenvalue weighted by Gasteiger charge is -2.10. The smallest absolute Gasteiger partial charge is 0.257 e. The molecule has 0 unspecified atom stereocenters. The number of methoxy groups -OCH3 is 2. The Morgan fingerprint density at radius 1 is 1.04 bits per heavy atom. The van der Waals surface area contributed by atoms with Crippen LogP contribution in [0.2, 0.25) is 0 Å². The first-order chi connectivity index (χ1) is 12.6. The Hall–Kier alpha value is -3.55. The summed E-state index contributed by atoms with van der Waals surface area (Å²) in [6.45, 7) is 1.80. The number of anilines is 3. The predicted octanol–water partition coefficient (Wildman–Crippen LogP) is 3.39. The number of ether oxygens (including phenoxy) is 2. The highest BCUT2D eigenvalue weighted by Crippen LogP contribution is 2.29. The van der Waals surface area contributed by atoms with Crippen LogP contribution < -0.4 is 20.1 Å². The maximum absolute atomic E-state index is 12.4. The molecule has 8 heteroatoms. The zero-order valence-corrected chi connectivity index (χ0v) is 14.6. The largest absolute Gasteiger partial charge is 0.493 e. The van der Waals surface area contributed by atoms with E-state index in [0.717, 1.165) is 0 Å². The van der Waals surface area contributed by atoms with Crippen molar-refractivity contribution in [1.82, 2.24) is 10.1 Å². The third kappa shape index (κ3) is 3.92. The van der Waals surface area contributed by atoms with Crippen LogP contribution in [0.25, 0.3) is 0 Å². The molecule has 2 heterocycles. The van der Waals surface area contributed by atoms with Crippen LogP contribution in [-0.4, -0.2) is 30.3 Å². The molecule has 3 rings (SSSR count). The molecule has 0 bridgehead atoms. The molecular weight excluding hydrogens is 336 g/mol. The quantitative estimate of drug-likeness (QED) is 0.700. The Kier molecular flexibility index (Phi) is 5.02. The molecule has 8 nitrogen and oxygen atoms in total. The van der Waals surface area contributed by atoms with Crippen molar-refractivity contribution in [1.29, 1.82) is 0 Å². The average molecular weight is 354 g/mol. The standard InChI is InChI=1S/C18H18N4O4/c1-11-8-17(22-26-11)21-16-7-4-12(10-19-16)18(23)20-13-5-6-14(24-2)15(9-13)25-3/h4-10H,1-3H3,(H,20,23)(H,19,21,22). The molecule has 2 aromatic heterocycles. The van der Waals surface area contributed by atoms with Crippen molar-refractivity contribution < 1.29 is 18.8 Å². The second-order valence-electron chi connectivity index (χ2n) is 5.40. The van der Waals surface area contributed by atoms with Crippen molar-refractivity contribution in [3.05, 3.63) is 53.9 Å². The summed E-state index contributed by atoms with van der Waals surface area (Å²) in [6.07, 6.45) is 1.48. The minimum atomic E-state index is -0.284. The van der Waals surface area contributed by atoms with Crippen molar-refractivity contribution in [2.24, 2.45) is 0 Å². The maximum Gasteiger partial charge on any atom is 0.257 e. The van der Waals surface area contributed by atoms with E-state index in [1.165, 1.54) is 13.3 Å². The molecule has 0 saturated carbocycles. The molecule has 0 saturated heterocycles. The van der Waals surface area contributed by atoms with Gasteiger partial charge >= 0.3 is 0 Å². The van der Waals surface area contributed by atoms with Gasteiger partial charge in [-0.25, -0.2) is 4.98 Å². The number of aromatic nitrogens is 2. The summed E-state index contributed by atoms with van der Waals surface area (Å²) in [5.74, 6) is 2.64. The van der Waals surface area contributed by atoms with Gasteiger partial charge in [0.2, 0.25) is 0 Å². The predicted molar refractivity (Wildman–Crippen MR) is 96.3 cm³/mol. The van der Waals surface area contributed by atoms with Crippen LogP contribution in [0.15, 0.2) is 47.1 Å². The van der Waals surface area contributed by atoms with Gasteiger partial charge in [0, 0.05) is 24.0 Å². The summed E-state index contributed by atoms with van der Waals surface area (Å²) >= 11 is 0. The van der Waals surface area contributed by atoms with Gasteiger partial charge in [-0.2, -0.15) is 0 Å². The molecule has 0 atom stereocenters. The molecular formula is C18H18N4O4. The van der Waals surface area contributed by atoms with E-state index in [9.17, 15) is 4.79 Å². The number of rotatable bonds is 6. The molecule has 0 spiro atoms. The van der Waals surface area contributed by atoms with Crippen LogP contribution in [0.3, 0.4) is 0 Å². The SMILES string of the molecule is COc1ccc(NC(=O)c2ccc(Nc3cc(C)on3)nc2)cc1OC. The van der Waals surface area contributed by atoms with E-state index < -0.39 is 0 Å². The molecule has 3 aromatic rings. The summed E-state index contributed by atoms with van der Waals surface area (Å²) in [5.41, 5.74) is 1.01. The van der Waals surface area contributed by atoms with E-state index in [1.54, 1.807) is 50.4 Å². The maximum atomic E-state index is 12.4. The fourth-order valence-electron chi connectivity index (χ4n) is 2.28. The number of nitrogens with one attached hydrogen (secondary N) is 2. The van der Waals surface area contributed by atoms with Crippen molar-refractivity contribution >= 4 is 23.2 Å². The van der Waals surface area contributed by atoms with Gasteiger partial charge in [-0.3, -0.25) is 4.79 Å². The number of pyridine rings is 1. The van der Waals surface area contributed by atoms with Gasteiger partial charge in [0.15, 0.2) is 17.3 Å². The molecule has 0 aliphatic rings. The number of carbonyl (C=O) groups is 1. The summed E-state index contributed by atoms with van der Waals surface area (Å²) in [4.78, 5) is 16.6. The average Bonchev–Trinajstić information content (AvgIpc) is 3.06. The lowest BCUT2D eigenvalue weighted by atomic mass is 10.2. The van der Waals surface area contributed by atoms with Gasteiger partial charge < -0.3 is 24.6 Å². The molecule has 2 N–H and O–H groups in total. The number of carbonyl (C=O) groups excluding carboxylic acids is 1. The second kappa shape index (κ2) is 7.56. The van der Waals surface area contributed by atoms with E-state index >= 15 is 0 Å². The van der Waals surface area contributed by atoms with Crippen LogP contribution >= 0.6 is 0 Å². The number of hydrogen-bond donors (Lipinski definition) is 2. The number of benzene rings is 1. The zero-order valence-electron chi connectivity index (χ0n) is 14.6. The van der Waals surface area contributed by atoms with E-state index in [-0.39, 0.29) is 5.91 Å². The van der Waals surface area contributed by atoms with Gasteiger partial charge in [-0.15, -0.1) is 0 Å². The highest BCUT2D eigenvalue weighted by atomic mass is 16.5. The van der Waals surface area contributed by atoms with Gasteiger partial charge in [-0.05, 0) is 31.2 Å². The Morgan fingerprint density at radius 3 is 2.46 bits per heavy atom. The summed E-state index contributed by atoms with van der Waals surface area (Å²) in [7, 11) is 3.09. The third-order valence-electron chi connectivity index (χ3n) is 3.55. The van der Waals surface area contributed by atoms with E-state index in [4.69, 9.17) is 14.0 Å². The van der Waals surface area contributed by atoms with Crippen LogP contribution in [0.1, 0.15) is 16.1 Å². The first-order valence-electron chi connectivity index (χ1n) is 7.79. The second-order valence-corrected chi connectivity index (χ2v) is 5.40. The van der Waals surface area contributed by atoms with Crippen molar-refractivity contribution in [3.63, 3.8) is 0 Å². The van der Waals surface area contributed by atoms with E-state index in [1.807, 2.05) is 0 Å². The molecule has 0 radical (unpaired) electrons. The van der Waals surface area contributed by atoms with Crippen LogP contribution in [0.5, 0.6) is 11.5 Å². The lowest BCUT2D eigenvalue weighted by Crippen LogP contribution is -2.12. The summed E-state index contributed by atoms with van der Waals surface area (Å²) in [5, 5.41) is 9.61. The van der Waals surface area contributed by atoms with Crippen LogP contribution in [-0.2, 0) is 0 Å². The molecule has 0 fully saturated rings. The number of amides is 1. The monoisotopic (exact) mass is 354 g/mol. The van der Waals surface area contributed by atoms with Crippen molar-refractivity contribution in [2.75, 3.05) is 24.9 Å². The highest BCUT2D eigenvalue weighted by Gasteiger charge is 2.10. The number of nitrogens with zero attached hydrogens (tertiary/aromatic N) is 2. The molecule has 0 aliphatic carbocycles. The van der Waals surface area contributed by atoms with E-state index in [0.29, 0.717) is 40.1 Å². The number of hydrogen-bond acceptors (Lipinski definition) is 7. The minimum absolute atomic E-state index is 0.284. The topological polar surface area (TPSA) is 98.5 Å². The van der Waals surface area contributed by atoms with Crippen molar-refractivity contribution in [2.45, 2.75) is 6.92 Å². The Morgan fingerprint density at radius 2 is 1.85 bits per heavy atom. The lowest BCUT2D eigenvalue weighted by molar-refractivity contribution is 0.102. The fourth-order valence-corrected chi connectivity index (χ4v) is 2.28. The highest BCUT2D eigenvalue weighted by molar-refractivity contribution is 6.04. The number of aryl methyl sites for hydroxylation is 1. The van der Waals surface area contributed by atoms with Gasteiger partial charge in [0.05, 0.1) is 19.8 Å². The molecule has 1 aromatic carbocycles. The normalized spacial score (nSPS) is 10.3. The summed E-state index contributed by atoms with van der Waals surface area (Å²) < 4.78 is 15.4. The summed E-state index contributed by atoms with van der Waals surface area (Å²) in [6, 6.07) is 10.2. The fraction of sp³-hybridized carbons (Fsp3) is 0.167. The Bertz CT molecular complexity index is 906. The third-order valence-corrected chi connectivity index (χ3v) is 3.55.